The molecule has 0 radical (unpaired) electrons. The third-order valence-electron chi connectivity index (χ3n) is 1.88. The topological polar surface area (TPSA) is 12.0 Å². The number of benzene rings is 1. The molecular formula is C11H15ClIN. The van der Waals surface area contributed by atoms with Crippen LogP contribution in [0.25, 0.3) is 0 Å². The Morgan fingerprint density at radius 3 is 2.79 bits per heavy atom. The number of rotatable bonds is 4. The van der Waals surface area contributed by atoms with Crippen LogP contribution in [0.15, 0.2) is 18.2 Å². The van der Waals surface area contributed by atoms with Crippen molar-refractivity contribution in [2.45, 2.75) is 20.4 Å². The number of hydrogen-bond acceptors (Lipinski definition) is 1. The van der Waals surface area contributed by atoms with E-state index in [0.717, 1.165) is 18.1 Å². The van der Waals surface area contributed by atoms with Gasteiger partial charge >= 0.3 is 0 Å². The first-order valence-corrected chi connectivity index (χ1v) is 6.20. The average molecular weight is 324 g/mol. The van der Waals surface area contributed by atoms with Gasteiger partial charge in [-0.1, -0.05) is 25.4 Å². The van der Waals surface area contributed by atoms with Gasteiger partial charge in [0.1, 0.15) is 0 Å². The first kappa shape index (κ1) is 12.3. The van der Waals surface area contributed by atoms with Crippen LogP contribution in [-0.4, -0.2) is 6.54 Å². The highest BCUT2D eigenvalue weighted by Gasteiger charge is 2.00. The molecule has 0 aliphatic rings. The summed E-state index contributed by atoms with van der Waals surface area (Å²) >= 11 is 8.26. The van der Waals surface area contributed by atoms with E-state index in [9.17, 15) is 0 Å². The second-order valence-electron chi connectivity index (χ2n) is 3.76. The number of nitrogens with one attached hydrogen (secondary N) is 1. The van der Waals surface area contributed by atoms with Crippen LogP contribution in [0.1, 0.15) is 19.4 Å². The predicted molar refractivity (Wildman–Crippen MR) is 70.7 cm³/mol. The summed E-state index contributed by atoms with van der Waals surface area (Å²) in [6.45, 7) is 6.35. The summed E-state index contributed by atoms with van der Waals surface area (Å²) in [5.41, 5.74) is 1.28. The van der Waals surface area contributed by atoms with Crippen molar-refractivity contribution < 1.29 is 0 Å². The highest BCUT2D eigenvalue weighted by Crippen LogP contribution is 2.17. The first-order valence-electron chi connectivity index (χ1n) is 4.74. The Balaban J connectivity index is 2.53. The van der Waals surface area contributed by atoms with Crippen molar-refractivity contribution in [2.75, 3.05) is 6.54 Å². The van der Waals surface area contributed by atoms with Crippen LogP contribution in [0.4, 0.5) is 0 Å². The third-order valence-corrected chi connectivity index (χ3v) is 3.16. The largest absolute Gasteiger partial charge is 0.312 e. The van der Waals surface area contributed by atoms with Gasteiger partial charge in [0.05, 0.1) is 0 Å². The van der Waals surface area contributed by atoms with Gasteiger partial charge in [-0.15, -0.1) is 0 Å². The summed E-state index contributed by atoms with van der Waals surface area (Å²) in [5.74, 6) is 0.687. The van der Waals surface area contributed by atoms with Gasteiger partial charge in [0, 0.05) is 15.1 Å². The molecule has 1 N–H and O–H groups in total. The molecule has 0 amide bonds. The molecule has 78 valence electrons. The maximum atomic E-state index is 5.93. The molecule has 0 saturated heterocycles. The lowest BCUT2D eigenvalue weighted by Gasteiger charge is -2.09. The van der Waals surface area contributed by atoms with E-state index in [-0.39, 0.29) is 0 Å². The van der Waals surface area contributed by atoms with Crippen molar-refractivity contribution in [1.29, 1.82) is 0 Å². The summed E-state index contributed by atoms with van der Waals surface area (Å²) < 4.78 is 1.27. The molecule has 0 spiro atoms. The smallest absolute Gasteiger partial charge is 0.0409 e. The van der Waals surface area contributed by atoms with Crippen molar-refractivity contribution in [2.24, 2.45) is 5.92 Å². The van der Waals surface area contributed by atoms with Crippen LogP contribution in [0.3, 0.4) is 0 Å². The van der Waals surface area contributed by atoms with Crippen LogP contribution in [0.2, 0.25) is 5.02 Å². The summed E-state index contributed by atoms with van der Waals surface area (Å²) in [4.78, 5) is 0. The molecule has 1 aromatic rings. The highest BCUT2D eigenvalue weighted by molar-refractivity contribution is 14.1. The van der Waals surface area contributed by atoms with Gasteiger partial charge in [0.2, 0.25) is 0 Å². The zero-order valence-corrected chi connectivity index (χ0v) is 11.4. The Morgan fingerprint density at radius 1 is 1.43 bits per heavy atom. The molecule has 0 aliphatic carbocycles. The van der Waals surface area contributed by atoms with Gasteiger partial charge in [0.15, 0.2) is 0 Å². The third kappa shape index (κ3) is 4.15. The van der Waals surface area contributed by atoms with E-state index in [4.69, 9.17) is 11.6 Å². The van der Waals surface area contributed by atoms with Crippen molar-refractivity contribution in [3.8, 4) is 0 Å². The van der Waals surface area contributed by atoms with E-state index in [2.05, 4.69) is 47.8 Å². The van der Waals surface area contributed by atoms with Crippen LogP contribution in [0.5, 0.6) is 0 Å². The minimum Gasteiger partial charge on any atom is -0.312 e. The summed E-state index contributed by atoms with van der Waals surface area (Å²) in [5, 5.41) is 4.22. The lowest BCUT2D eigenvalue weighted by Crippen LogP contribution is -2.19. The van der Waals surface area contributed by atoms with Crippen LogP contribution in [0, 0.1) is 9.49 Å². The van der Waals surface area contributed by atoms with Gasteiger partial charge in [-0.2, -0.15) is 0 Å². The minimum atomic E-state index is 0.687. The quantitative estimate of drug-likeness (QED) is 0.833. The molecule has 14 heavy (non-hydrogen) atoms. The normalized spacial score (nSPS) is 10.9. The molecule has 1 aromatic carbocycles. The molecule has 1 rings (SSSR count). The van der Waals surface area contributed by atoms with E-state index in [1.807, 2.05) is 12.1 Å². The van der Waals surface area contributed by atoms with Crippen molar-refractivity contribution >= 4 is 34.2 Å². The molecule has 0 saturated carbocycles. The summed E-state index contributed by atoms with van der Waals surface area (Å²) in [7, 11) is 0. The molecular weight excluding hydrogens is 308 g/mol. The van der Waals surface area contributed by atoms with Gasteiger partial charge in [-0.05, 0) is 58.8 Å². The lowest BCUT2D eigenvalue weighted by molar-refractivity contribution is 0.552. The molecule has 0 aromatic heterocycles. The van der Waals surface area contributed by atoms with Crippen molar-refractivity contribution in [3.05, 3.63) is 32.4 Å². The average Bonchev–Trinajstić information content (AvgIpc) is 2.10. The van der Waals surface area contributed by atoms with E-state index in [1.165, 1.54) is 9.13 Å². The Hall–Kier alpha value is 0.200. The molecule has 1 nitrogen and oxygen atoms in total. The van der Waals surface area contributed by atoms with Crippen molar-refractivity contribution in [3.63, 3.8) is 0 Å². The first-order chi connectivity index (χ1) is 6.59. The molecule has 0 fully saturated rings. The van der Waals surface area contributed by atoms with Crippen LogP contribution < -0.4 is 5.32 Å². The Kier molecular flexibility index (Phi) is 5.20. The van der Waals surface area contributed by atoms with E-state index < -0.39 is 0 Å². The van der Waals surface area contributed by atoms with Gasteiger partial charge in [-0.3, -0.25) is 0 Å². The molecule has 0 bridgehead atoms. The Morgan fingerprint density at radius 2 is 2.14 bits per heavy atom. The van der Waals surface area contributed by atoms with Crippen LogP contribution >= 0.6 is 34.2 Å². The zero-order chi connectivity index (χ0) is 10.6. The lowest BCUT2D eigenvalue weighted by atomic mass is 10.2. The number of halogens is 2. The minimum absolute atomic E-state index is 0.687. The molecule has 0 unspecified atom stereocenters. The number of hydrogen-bond donors (Lipinski definition) is 1. The van der Waals surface area contributed by atoms with E-state index >= 15 is 0 Å². The standard InChI is InChI=1S/C11H15ClIN/c1-8(2)6-14-7-9-5-10(12)3-4-11(9)13/h3-5,8,14H,6-7H2,1-2H3. The maximum Gasteiger partial charge on any atom is 0.0409 e. The fourth-order valence-corrected chi connectivity index (χ4v) is 1.90. The van der Waals surface area contributed by atoms with E-state index in [1.54, 1.807) is 0 Å². The van der Waals surface area contributed by atoms with Gasteiger partial charge in [0.25, 0.3) is 0 Å². The van der Waals surface area contributed by atoms with Gasteiger partial charge in [-0.25, -0.2) is 0 Å². The molecule has 0 atom stereocenters. The second kappa shape index (κ2) is 5.93. The molecule has 0 aliphatic heterocycles. The predicted octanol–water partition coefficient (Wildman–Crippen LogP) is 3.69. The Labute approximate surface area is 104 Å². The molecule has 3 heteroatoms. The van der Waals surface area contributed by atoms with Gasteiger partial charge < -0.3 is 5.32 Å². The van der Waals surface area contributed by atoms with Crippen LogP contribution in [-0.2, 0) is 6.54 Å². The monoisotopic (exact) mass is 323 g/mol. The fraction of sp³-hybridized carbons (Fsp3) is 0.455. The fourth-order valence-electron chi connectivity index (χ4n) is 1.17. The van der Waals surface area contributed by atoms with Crippen molar-refractivity contribution in [1.82, 2.24) is 5.32 Å². The Bertz CT molecular complexity index is 299. The second-order valence-corrected chi connectivity index (χ2v) is 5.36. The van der Waals surface area contributed by atoms with E-state index in [0.29, 0.717) is 5.92 Å². The highest BCUT2D eigenvalue weighted by atomic mass is 127. The molecule has 0 heterocycles. The summed E-state index contributed by atoms with van der Waals surface area (Å²) in [6, 6.07) is 6.00. The zero-order valence-electron chi connectivity index (χ0n) is 8.48. The summed E-state index contributed by atoms with van der Waals surface area (Å²) in [6.07, 6.45) is 0. The SMILES string of the molecule is CC(C)CNCc1cc(Cl)ccc1I. The maximum absolute atomic E-state index is 5.93.